The van der Waals surface area contributed by atoms with Crippen LogP contribution in [0.5, 0.6) is 5.75 Å². The van der Waals surface area contributed by atoms with Gasteiger partial charge in [0.25, 0.3) is 5.91 Å². The zero-order chi connectivity index (χ0) is 20.3. The highest BCUT2D eigenvalue weighted by Gasteiger charge is 2.26. The van der Waals surface area contributed by atoms with Crippen molar-refractivity contribution in [3.63, 3.8) is 0 Å². The number of hydrogen-bond acceptors (Lipinski definition) is 4. The molecule has 0 saturated heterocycles. The summed E-state index contributed by atoms with van der Waals surface area (Å²) in [4.78, 5) is 16.9. The van der Waals surface area contributed by atoms with E-state index >= 15 is 0 Å². The molecule has 0 radical (unpaired) electrons. The van der Waals surface area contributed by atoms with Crippen LogP contribution in [0.2, 0.25) is 0 Å². The number of nitrogens with zero attached hydrogens (tertiary/aromatic N) is 1. The molecule has 5 rings (SSSR count). The van der Waals surface area contributed by atoms with E-state index in [1.54, 1.807) is 12.4 Å². The van der Waals surface area contributed by atoms with E-state index in [1.165, 1.54) is 0 Å². The highest BCUT2D eigenvalue weighted by atomic mass is 16.5. The van der Waals surface area contributed by atoms with Gasteiger partial charge in [-0.25, -0.2) is 0 Å². The molecular formula is C25H19N3O2. The van der Waals surface area contributed by atoms with Crippen LogP contribution in [0, 0.1) is 0 Å². The van der Waals surface area contributed by atoms with E-state index < -0.39 is 0 Å². The molecule has 0 atom stereocenters. The predicted molar refractivity (Wildman–Crippen MR) is 119 cm³/mol. The van der Waals surface area contributed by atoms with Gasteiger partial charge in [0.1, 0.15) is 12.4 Å². The number of fused-ring (bicyclic) bond motifs is 3. The van der Waals surface area contributed by atoms with Gasteiger partial charge in [0.2, 0.25) is 0 Å². The normalized spacial score (nSPS) is 13.9. The van der Waals surface area contributed by atoms with Crippen molar-refractivity contribution in [2.45, 2.75) is 6.61 Å². The summed E-state index contributed by atoms with van der Waals surface area (Å²) in [7, 11) is 0. The molecule has 5 heteroatoms. The van der Waals surface area contributed by atoms with Crippen molar-refractivity contribution < 1.29 is 9.53 Å². The number of amides is 1. The number of nitrogens with one attached hydrogen (secondary N) is 2. The largest absolute Gasteiger partial charge is 0.489 e. The Hall–Kier alpha value is -4.12. The first kappa shape index (κ1) is 17.9. The van der Waals surface area contributed by atoms with Crippen LogP contribution in [0.3, 0.4) is 0 Å². The lowest BCUT2D eigenvalue weighted by atomic mass is 10.0. The van der Waals surface area contributed by atoms with Crippen LogP contribution in [0.4, 0.5) is 11.4 Å². The average Bonchev–Trinajstić information content (AvgIpc) is 3.13. The van der Waals surface area contributed by atoms with E-state index in [0.717, 1.165) is 39.2 Å². The summed E-state index contributed by atoms with van der Waals surface area (Å²) in [5, 5.41) is 7.10. The Labute approximate surface area is 174 Å². The van der Waals surface area contributed by atoms with Gasteiger partial charge in [0.05, 0.1) is 11.1 Å². The van der Waals surface area contributed by atoms with Crippen molar-refractivity contribution in [3.05, 3.63) is 102 Å². The molecular weight excluding hydrogens is 374 g/mol. The first-order valence-electron chi connectivity index (χ1n) is 9.71. The van der Waals surface area contributed by atoms with Crippen molar-refractivity contribution >= 4 is 33.8 Å². The summed E-state index contributed by atoms with van der Waals surface area (Å²) in [6, 6.07) is 25.4. The fourth-order valence-corrected chi connectivity index (χ4v) is 3.53. The highest BCUT2D eigenvalue weighted by Crippen LogP contribution is 2.37. The van der Waals surface area contributed by atoms with Crippen LogP contribution >= 0.6 is 0 Å². The summed E-state index contributed by atoms with van der Waals surface area (Å²) in [6.45, 7) is 0.524. The number of carbonyl (C=O) groups is 1. The van der Waals surface area contributed by atoms with Gasteiger partial charge in [0, 0.05) is 34.7 Å². The maximum atomic E-state index is 12.5. The molecule has 0 fully saturated rings. The summed E-state index contributed by atoms with van der Waals surface area (Å²) in [6.07, 6.45) is 3.50. The summed E-state index contributed by atoms with van der Waals surface area (Å²) in [5.74, 6) is 0.662. The Morgan fingerprint density at radius 3 is 2.60 bits per heavy atom. The van der Waals surface area contributed by atoms with E-state index in [4.69, 9.17) is 4.74 Å². The van der Waals surface area contributed by atoms with Crippen molar-refractivity contribution in [1.82, 2.24) is 4.98 Å². The number of hydrogen-bond donors (Lipinski definition) is 2. The van der Waals surface area contributed by atoms with E-state index in [0.29, 0.717) is 12.2 Å². The zero-order valence-corrected chi connectivity index (χ0v) is 16.1. The molecule has 146 valence electrons. The summed E-state index contributed by atoms with van der Waals surface area (Å²) >= 11 is 0. The topological polar surface area (TPSA) is 63.2 Å². The quantitative estimate of drug-likeness (QED) is 0.457. The minimum atomic E-state index is -0.128. The number of rotatable bonds is 5. The minimum Gasteiger partial charge on any atom is -0.489 e. The van der Waals surface area contributed by atoms with Crippen LogP contribution in [0.15, 0.2) is 91.3 Å². The second kappa shape index (κ2) is 7.72. The van der Waals surface area contributed by atoms with Crippen molar-refractivity contribution in [2.24, 2.45) is 0 Å². The number of anilines is 2. The molecule has 1 amide bonds. The van der Waals surface area contributed by atoms with Gasteiger partial charge in [-0.1, -0.05) is 36.4 Å². The van der Waals surface area contributed by atoms with Crippen molar-refractivity contribution in [3.8, 4) is 5.75 Å². The second-order valence-corrected chi connectivity index (χ2v) is 7.01. The molecule has 2 heterocycles. The van der Waals surface area contributed by atoms with Gasteiger partial charge in [-0.3, -0.25) is 9.78 Å². The van der Waals surface area contributed by atoms with Gasteiger partial charge in [-0.05, 0) is 48.0 Å². The maximum Gasteiger partial charge on any atom is 0.257 e. The SMILES string of the molecule is O=C1Nc2ccc3ncccc3c2C1=CNc1ccc(OCc2ccccc2)cc1. The highest BCUT2D eigenvalue weighted by molar-refractivity contribution is 6.34. The number of ether oxygens (including phenoxy) is 1. The lowest BCUT2D eigenvalue weighted by Crippen LogP contribution is -2.05. The summed E-state index contributed by atoms with van der Waals surface area (Å²) < 4.78 is 5.82. The molecule has 5 nitrogen and oxygen atoms in total. The lowest BCUT2D eigenvalue weighted by Gasteiger charge is -2.08. The van der Waals surface area contributed by atoms with Crippen LogP contribution in [0.1, 0.15) is 11.1 Å². The Kier molecular flexibility index (Phi) is 4.62. The predicted octanol–water partition coefficient (Wildman–Crippen LogP) is 5.22. The molecule has 1 aliphatic heterocycles. The number of pyridine rings is 1. The fraction of sp³-hybridized carbons (Fsp3) is 0.0400. The maximum absolute atomic E-state index is 12.5. The average molecular weight is 393 g/mol. The van der Waals surface area contributed by atoms with Crippen LogP contribution in [-0.4, -0.2) is 10.9 Å². The Bertz CT molecular complexity index is 1250. The molecule has 30 heavy (non-hydrogen) atoms. The van der Waals surface area contributed by atoms with E-state index in [2.05, 4.69) is 15.6 Å². The summed E-state index contributed by atoms with van der Waals surface area (Å²) in [5.41, 5.74) is 5.12. The lowest BCUT2D eigenvalue weighted by molar-refractivity contribution is -0.110. The monoisotopic (exact) mass is 393 g/mol. The Balaban J connectivity index is 1.34. The van der Waals surface area contributed by atoms with Crippen LogP contribution < -0.4 is 15.4 Å². The fourth-order valence-electron chi connectivity index (χ4n) is 3.53. The third-order valence-electron chi connectivity index (χ3n) is 5.03. The number of benzene rings is 3. The molecule has 1 aliphatic rings. The van der Waals surface area contributed by atoms with Gasteiger partial charge in [-0.15, -0.1) is 0 Å². The minimum absolute atomic E-state index is 0.128. The Morgan fingerprint density at radius 2 is 1.77 bits per heavy atom. The van der Waals surface area contributed by atoms with Crippen LogP contribution in [-0.2, 0) is 11.4 Å². The van der Waals surface area contributed by atoms with Gasteiger partial charge in [0.15, 0.2) is 0 Å². The van der Waals surface area contributed by atoms with Gasteiger partial charge >= 0.3 is 0 Å². The standard InChI is InChI=1S/C25H19N3O2/c29-25-21(24-20-7-4-14-26-22(20)12-13-23(24)28-25)15-27-18-8-10-19(11-9-18)30-16-17-5-2-1-3-6-17/h1-15,27H,16H2,(H,28,29). The molecule has 4 aromatic rings. The first-order chi connectivity index (χ1) is 14.8. The van der Waals surface area contributed by atoms with Crippen LogP contribution in [0.25, 0.3) is 16.5 Å². The molecule has 0 saturated carbocycles. The molecule has 2 N–H and O–H groups in total. The second-order valence-electron chi connectivity index (χ2n) is 7.01. The van der Waals surface area contributed by atoms with E-state index in [-0.39, 0.29) is 5.91 Å². The van der Waals surface area contributed by atoms with E-state index in [9.17, 15) is 4.79 Å². The third-order valence-corrected chi connectivity index (χ3v) is 5.03. The van der Waals surface area contributed by atoms with Gasteiger partial charge < -0.3 is 15.4 Å². The number of carbonyl (C=O) groups excluding carboxylic acids is 1. The molecule has 1 aromatic heterocycles. The zero-order valence-electron chi connectivity index (χ0n) is 16.1. The van der Waals surface area contributed by atoms with Gasteiger partial charge in [-0.2, -0.15) is 0 Å². The van der Waals surface area contributed by atoms with E-state index in [1.807, 2.05) is 78.9 Å². The molecule has 0 spiro atoms. The molecule has 0 aliphatic carbocycles. The van der Waals surface area contributed by atoms with Crippen molar-refractivity contribution in [2.75, 3.05) is 10.6 Å². The molecule has 3 aromatic carbocycles. The first-order valence-corrected chi connectivity index (χ1v) is 9.71. The molecule has 0 bridgehead atoms. The third kappa shape index (κ3) is 3.49. The smallest absolute Gasteiger partial charge is 0.257 e. The number of aromatic nitrogens is 1. The Morgan fingerprint density at radius 1 is 0.933 bits per heavy atom. The molecule has 0 unspecified atom stereocenters. The van der Waals surface area contributed by atoms with Crippen molar-refractivity contribution in [1.29, 1.82) is 0 Å².